The molecule has 0 fully saturated rings. The summed E-state index contributed by atoms with van der Waals surface area (Å²) in [7, 11) is 3.11. The molecule has 4 aromatic rings. The molecule has 0 aliphatic carbocycles. The third kappa shape index (κ3) is 8.50. The molecule has 15 nitrogen and oxygen atoms in total. The third-order valence-corrected chi connectivity index (χ3v) is 8.26. The Labute approximate surface area is 294 Å². The maximum atomic E-state index is 14.7. The van der Waals surface area contributed by atoms with Crippen molar-refractivity contribution in [3.8, 4) is 17.2 Å². The van der Waals surface area contributed by atoms with Gasteiger partial charge in [-0.3, -0.25) is 10.2 Å². The number of hydrogen-bond donors (Lipinski definition) is 3. The van der Waals surface area contributed by atoms with Gasteiger partial charge in [-0.05, 0) is 52.5 Å². The second-order valence-corrected chi connectivity index (χ2v) is 11.4. The summed E-state index contributed by atoms with van der Waals surface area (Å²) in [5, 5.41) is 16.8. The molecule has 0 bridgehead atoms. The van der Waals surface area contributed by atoms with Gasteiger partial charge in [-0.15, -0.1) is 0 Å². The Morgan fingerprint density at radius 2 is 1.69 bits per heavy atom. The molecule has 262 valence electrons. The molecule has 1 heterocycles. The lowest BCUT2D eigenvalue weighted by Crippen LogP contribution is -2.53. The number of methoxy groups -OCH3 is 2. The van der Waals surface area contributed by atoms with E-state index in [1.54, 1.807) is 74.9 Å². The zero-order valence-corrected chi connectivity index (χ0v) is 28.1. The van der Waals surface area contributed by atoms with Crippen molar-refractivity contribution in [2.75, 3.05) is 27.4 Å². The van der Waals surface area contributed by atoms with Crippen molar-refractivity contribution < 1.29 is 28.8 Å². The smallest absolute Gasteiger partial charge is 0.266 e. The van der Waals surface area contributed by atoms with Gasteiger partial charge in [-0.1, -0.05) is 64.8 Å². The first-order valence-corrected chi connectivity index (χ1v) is 16.0. The Bertz CT molecular complexity index is 1960. The number of aliphatic imine (C=N–C) groups is 1. The van der Waals surface area contributed by atoms with Crippen molar-refractivity contribution in [3.63, 3.8) is 0 Å². The molecule has 51 heavy (non-hydrogen) atoms. The molecule has 0 aromatic heterocycles. The lowest BCUT2D eigenvalue weighted by atomic mass is 9.80. The number of hydrogen-bond acceptors (Lipinski definition) is 10. The number of aliphatic hydroxyl groups is 1. The van der Waals surface area contributed by atoms with Crippen LogP contribution in [0.3, 0.4) is 0 Å². The van der Waals surface area contributed by atoms with E-state index in [4.69, 9.17) is 34.6 Å². The molecule has 0 saturated carbocycles. The predicted octanol–water partition coefficient (Wildman–Crippen LogP) is 6.54. The van der Waals surface area contributed by atoms with E-state index in [2.05, 4.69) is 30.9 Å². The molecule has 3 N–H and O–H groups in total. The van der Waals surface area contributed by atoms with E-state index in [1.807, 2.05) is 30.3 Å². The van der Waals surface area contributed by atoms with Crippen LogP contribution in [-0.2, 0) is 29.0 Å². The summed E-state index contributed by atoms with van der Waals surface area (Å²) in [6, 6.07) is 26.6. The molecule has 1 aliphatic heterocycles. The van der Waals surface area contributed by atoms with Crippen LogP contribution < -0.4 is 25.1 Å². The fourth-order valence-corrected chi connectivity index (χ4v) is 5.72. The van der Waals surface area contributed by atoms with Crippen molar-refractivity contribution in [3.05, 3.63) is 140 Å². The lowest BCUT2D eigenvalue weighted by molar-refractivity contribution is -0.130. The van der Waals surface area contributed by atoms with Crippen molar-refractivity contribution in [2.45, 2.75) is 37.6 Å². The molecule has 2 atom stereocenters. The first-order chi connectivity index (χ1) is 25.0. The van der Waals surface area contributed by atoms with E-state index < -0.39 is 17.6 Å². The van der Waals surface area contributed by atoms with Gasteiger partial charge in [0.05, 0.1) is 27.4 Å². The maximum absolute atomic E-state index is 14.7. The Balaban J connectivity index is 1.60. The number of nitrogens with one attached hydrogen (secondary N) is 2. The summed E-state index contributed by atoms with van der Waals surface area (Å²) in [5.41, 5.74) is 26.1. The molecule has 0 spiro atoms. The molecule has 0 unspecified atom stereocenters. The topological polar surface area (TPSA) is 208 Å². The summed E-state index contributed by atoms with van der Waals surface area (Å²) in [6.07, 6.45) is -0.563. The molecular weight excluding hydrogens is 654 g/mol. The number of carbonyl (C=O) groups is 1. The fraction of sp³-hybridized carbons (Fsp3) is 0.278. The van der Waals surface area contributed by atoms with Gasteiger partial charge in [0.1, 0.15) is 17.2 Å². The summed E-state index contributed by atoms with van der Waals surface area (Å²) in [5.74, 6) is 1.41. The monoisotopic (exact) mass is 691 g/mol. The Morgan fingerprint density at radius 1 is 0.941 bits per heavy atom. The summed E-state index contributed by atoms with van der Waals surface area (Å²) in [4.78, 5) is 25.7. The number of carbonyl (C=O) groups excluding carboxylic acids is 1. The minimum atomic E-state index is -1.67. The van der Waals surface area contributed by atoms with E-state index >= 15 is 0 Å². The third-order valence-electron chi connectivity index (χ3n) is 8.26. The van der Waals surface area contributed by atoms with E-state index in [9.17, 15) is 10.3 Å². The van der Waals surface area contributed by atoms with Crippen LogP contribution in [0, 0.1) is 0 Å². The van der Waals surface area contributed by atoms with Gasteiger partial charge < -0.3 is 24.1 Å². The summed E-state index contributed by atoms with van der Waals surface area (Å²) < 4.78 is 23.1. The van der Waals surface area contributed by atoms with Crippen LogP contribution in [0.5, 0.6) is 17.2 Å². The van der Waals surface area contributed by atoms with Crippen molar-refractivity contribution in [1.29, 1.82) is 0 Å². The summed E-state index contributed by atoms with van der Waals surface area (Å²) >= 11 is 0. The normalized spacial score (nSPS) is 16.1. The zero-order chi connectivity index (χ0) is 36.1. The first kappa shape index (κ1) is 36.1. The molecule has 0 radical (unpaired) electrons. The average Bonchev–Trinajstić information content (AvgIpc) is 3.55. The number of ether oxygens (including phenoxy) is 4. The van der Waals surface area contributed by atoms with Gasteiger partial charge in [0.2, 0.25) is 5.90 Å². The van der Waals surface area contributed by atoms with Crippen molar-refractivity contribution in [2.24, 2.45) is 15.2 Å². The van der Waals surface area contributed by atoms with Crippen molar-refractivity contribution in [1.82, 2.24) is 10.9 Å². The highest BCUT2D eigenvalue weighted by Gasteiger charge is 2.54. The standard InChI is InChI=1S/C36H37N9O6/c1-48-29-17-14-27(32(20-29)49-2)23-39-43-35(47)36(21-25-8-3-4-9-26(25)22-40-44-37)33(30-10-5-6-11-31(30)42-45-38)51-34(41-36)24-12-15-28(16-13-24)50-19-7-18-46/h3-6,8-17,20,33,39,46H,7,18-19,21-23H2,1-2H3,(H,43,47)/t33-,36-/m0/s1. The Morgan fingerprint density at radius 3 is 2.41 bits per heavy atom. The maximum Gasteiger partial charge on any atom is 0.266 e. The van der Waals surface area contributed by atoms with Crippen LogP contribution in [0.1, 0.15) is 40.3 Å². The van der Waals surface area contributed by atoms with Crippen LogP contribution in [0.2, 0.25) is 0 Å². The van der Waals surface area contributed by atoms with Crippen LogP contribution in [0.15, 0.2) is 106 Å². The highest BCUT2D eigenvalue weighted by molar-refractivity contribution is 6.01. The van der Waals surface area contributed by atoms with E-state index in [-0.39, 0.29) is 37.7 Å². The van der Waals surface area contributed by atoms with Crippen LogP contribution in [-0.4, -0.2) is 49.9 Å². The molecule has 15 heteroatoms. The van der Waals surface area contributed by atoms with Crippen LogP contribution in [0.4, 0.5) is 5.69 Å². The minimum Gasteiger partial charge on any atom is -0.497 e. The number of amides is 1. The molecule has 1 aliphatic rings. The second-order valence-electron chi connectivity index (χ2n) is 11.4. The number of benzene rings is 4. The van der Waals surface area contributed by atoms with Crippen molar-refractivity contribution >= 4 is 17.5 Å². The minimum absolute atomic E-state index is 0.0140. The summed E-state index contributed by atoms with van der Waals surface area (Å²) in [6.45, 7) is 0.603. The first-order valence-electron chi connectivity index (χ1n) is 16.0. The molecular formula is C36H37N9O6. The number of nitrogens with zero attached hydrogens (tertiary/aromatic N) is 7. The van der Waals surface area contributed by atoms with Gasteiger partial charge in [0.15, 0.2) is 11.6 Å². The molecule has 0 saturated heterocycles. The molecule has 5 rings (SSSR count). The largest absolute Gasteiger partial charge is 0.497 e. The van der Waals surface area contributed by atoms with E-state index in [0.717, 1.165) is 5.56 Å². The van der Waals surface area contributed by atoms with E-state index in [1.165, 1.54) is 0 Å². The van der Waals surface area contributed by atoms with Gasteiger partial charge in [-0.2, -0.15) is 0 Å². The Hall–Kier alpha value is -6.24. The van der Waals surface area contributed by atoms with Crippen LogP contribution in [0.25, 0.3) is 20.9 Å². The number of aliphatic hydroxyl groups excluding tert-OH is 1. The highest BCUT2D eigenvalue weighted by Crippen LogP contribution is 2.45. The van der Waals surface area contributed by atoms with Gasteiger partial charge in [0.25, 0.3) is 5.91 Å². The van der Waals surface area contributed by atoms with Gasteiger partial charge in [0, 0.05) is 64.3 Å². The lowest BCUT2D eigenvalue weighted by Gasteiger charge is -2.32. The zero-order valence-electron chi connectivity index (χ0n) is 28.1. The predicted molar refractivity (Wildman–Crippen MR) is 190 cm³/mol. The number of azide groups is 2. The average molecular weight is 692 g/mol. The van der Waals surface area contributed by atoms with Gasteiger partial charge in [-0.25, -0.2) is 10.4 Å². The molecule has 1 amide bonds. The van der Waals surface area contributed by atoms with Gasteiger partial charge >= 0.3 is 0 Å². The Kier molecular flexibility index (Phi) is 12.3. The quantitative estimate of drug-likeness (QED) is 0.0366. The SMILES string of the molecule is COc1ccc(CNNC(=O)[C@@]2(Cc3ccccc3CN=[N+]=[N-])N=C(c3ccc(OCCCO)cc3)O[C@H]2c2ccccc2N=[N+]=[N-])c(OC)c1. The van der Waals surface area contributed by atoms with E-state index in [0.29, 0.717) is 52.5 Å². The molecule has 4 aromatic carbocycles. The number of rotatable bonds is 17. The fourth-order valence-electron chi connectivity index (χ4n) is 5.72. The number of hydrazine groups is 1. The highest BCUT2D eigenvalue weighted by atomic mass is 16.5. The van der Waals surface area contributed by atoms with Crippen LogP contribution >= 0.6 is 0 Å². The second kappa shape index (κ2) is 17.4.